The second-order valence-electron chi connectivity index (χ2n) is 6.80. The molecule has 4 nitrogen and oxygen atoms in total. The number of hydrogen-bond acceptors (Lipinski definition) is 3. The molecule has 0 aromatic heterocycles. The molecule has 0 aliphatic carbocycles. The van der Waals surface area contributed by atoms with E-state index in [0.29, 0.717) is 33.4 Å². The van der Waals surface area contributed by atoms with Gasteiger partial charge in [-0.3, -0.25) is 9.79 Å². The summed E-state index contributed by atoms with van der Waals surface area (Å²) in [4.78, 5) is 17.1. The molecule has 0 saturated carbocycles. The predicted molar refractivity (Wildman–Crippen MR) is 138 cm³/mol. The molecule has 1 N–H and O–H groups in total. The molecule has 0 unspecified atom stereocenters. The van der Waals surface area contributed by atoms with E-state index in [-0.39, 0.29) is 5.91 Å². The van der Waals surface area contributed by atoms with Crippen molar-refractivity contribution in [3.63, 3.8) is 0 Å². The third kappa shape index (κ3) is 7.67. The number of nitrogens with zero attached hydrogens (tertiary/aromatic N) is 2. The normalized spacial score (nSPS) is 11.6. The fraction of sp³-hybridized carbons (Fsp3) is 0.269. The van der Waals surface area contributed by atoms with Crippen molar-refractivity contribution >= 4 is 46.6 Å². The van der Waals surface area contributed by atoms with Gasteiger partial charge < -0.3 is 5.32 Å². The molecule has 2 aromatic carbocycles. The molecule has 0 aliphatic heterocycles. The summed E-state index contributed by atoms with van der Waals surface area (Å²) < 4.78 is 0. The summed E-state index contributed by atoms with van der Waals surface area (Å²) in [6.45, 7) is 11.6. The topological polar surface area (TPSA) is 65.2 Å². The van der Waals surface area contributed by atoms with Crippen molar-refractivity contribution in [2.24, 2.45) is 4.99 Å². The third-order valence-corrected chi connectivity index (χ3v) is 4.99. The SMILES string of the molecule is CC.CC/C=C(/N=C/C=C(\C)c1cc(Cl)ccc1Cl)C(=O)Nc1c(C)cc(C#N)cc1C. The van der Waals surface area contributed by atoms with Crippen LogP contribution in [-0.2, 0) is 4.79 Å². The zero-order valence-corrected chi connectivity index (χ0v) is 20.9. The number of nitrogens with one attached hydrogen (secondary N) is 1. The average Bonchev–Trinajstić information content (AvgIpc) is 2.78. The molecule has 0 atom stereocenters. The van der Waals surface area contributed by atoms with E-state index in [1.54, 1.807) is 48.7 Å². The molecule has 2 aromatic rings. The van der Waals surface area contributed by atoms with Gasteiger partial charge in [0.25, 0.3) is 5.91 Å². The first-order valence-corrected chi connectivity index (χ1v) is 11.2. The van der Waals surface area contributed by atoms with Crippen molar-refractivity contribution < 1.29 is 4.79 Å². The van der Waals surface area contributed by atoms with Crippen molar-refractivity contribution in [1.29, 1.82) is 5.26 Å². The zero-order chi connectivity index (χ0) is 24.3. The highest BCUT2D eigenvalue weighted by molar-refractivity contribution is 6.34. The number of aryl methyl sites for hydroxylation is 2. The Bertz CT molecular complexity index is 1070. The molecule has 1 amide bonds. The van der Waals surface area contributed by atoms with Crippen molar-refractivity contribution in [3.8, 4) is 6.07 Å². The molecule has 0 heterocycles. The standard InChI is InChI=1S/C24H23Cl2N3O.C2H6/c1-5-6-22(24(30)29-23-16(3)11-18(14-27)12-17(23)4)28-10-9-15(2)20-13-19(25)7-8-21(20)26;1-2/h6-13H,5H2,1-4H3,(H,29,30);1-2H3/b15-9+,22-6+,28-10+;. The van der Waals surface area contributed by atoms with E-state index >= 15 is 0 Å². The van der Waals surface area contributed by atoms with E-state index in [4.69, 9.17) is 28.5 Å². The van der Waals surface area contributed by atoms with Crippen LogP contribution < -0.4 is 5.32 Å². The summed E-state index contributed by atoms with van der Waals surface area (Å²) in [6, 6.07) is 10.9. The Morgan fingerprint density at radius 1 is 1.16 bits per heavy atom. The largest absolute Gasteiger partial charge is 0.320 e. The second kappa shape index (κ2) is 13.5. The van der Waals surface area contributed by atoms with E-state index in [1.165, 1.54) is 0 Å². The van der Waals surface area contributed by atoms with Gasteiger partial charge in [-0.05, 0) is 85.9 Å². The van der Waals surface area contributed by atoms with E-state index in [1.807, 2.05) is 41.5 Å². The van der Waals surface area contributed by atoms with E-state index in [2.05, 4.69) is 16.4 Å². The van der Waals surface area contributed by atoms with Crippen LogP contribution in [0.3, 0.4) is 0 Å². The highest BCUT2D eigenvalue weighted by Crippen LogP contribution is 2.27. The van der Waals surface area contributed by atoms with Crippen LogP contribution in [0.5, 0.6) is 0 Å². The number of rotatable bonds is 6. The first-order chi connectivity index (χ1) is 15.3. The van der Waals surface area contributed by atoms with Crippen molar-refractivity contribution in [2.75, 3.05) is 5.32 Å². The lowest BCUT2D eigenvalue weighted by atomic mass is 10.0. The van der Waals surface area contributed by atoms with Gasteiger partial charge in [-0.1, -0.05) is 50.0 Å². The first-order valence-electron chi connectivity index (χ1n) is 10.5. The maximum Gasteiger partial charge on any atom is 0.273 e. The Morgan fingerprint density at radius 2 is 1.78 bits per heavy atom. The van der Waals surface area contributed by atoms with Gasteiger partial charge in [0.1, 0.15) is 5.70 Å². The zero-order valence-electron chi connectivity index (χ0n) is 19.4. The smallest absolute Gasteiger partial charge is 0.273 e. The van der Waals surface area contributed by atoms with Gasteiger partial charge in [0, 0.05) is 21.9 Å². The molecule has 0 fully saturated rings. The monoisotopic (exact) mass is 469 g/mol. The maximum absolute atomic E-state index is 12.8. The summed E-state index contributed by atoms with van der Waals surface area (Å²) in [7, 11) is 0. The van der Waals surface area contributed by atoms with Crippen molar-refractivity contribution in [2.45, 2.75) is 48.0 Å². The van der Waals surface area contributed by atoms with E-state index < -0.39 is 0 Å². The van der Waals surface area contributed by atoms with Gasteiger partial charge in [0.15, 0.2) is 0 Å². The molecule has 0 aliphatic rings. The Hall–Kier alpha value is -2.87. The van der Waals surface area contributed by atoms with Crippen LogP contribution in [0.2, 0.25) is 10.0 Å². The second-order valence-corrected chi connectivity index (χ2v) is 7.64. The van der Waals surface area contributed by atoms with Gasteiger partial charge in [-0.2, -0.15) is 5.26 Å². The maximum atomic E-state index is 12.8. The number of anilines is 1. The Morgan fingerprint density at radius 3 is 2.34 bits per heavy atom. The number of carbonyl (C=O) groups excluding carboxylic acids is 1. The lowest BCUT2D eigenvalue weighted by molar-refractivity contribution is -0.112. The number of benzene rings is 2. The van der Waals surface area contributed by atoms with Crippen molar-refractivity contribution in [1.82, 2.24) is 0 Å². The van der Waals surface area contributed by atoms with E-state index in [0.717, 1.165) is 22.3 Å². The molecule has 168 valence electrons. The number of hydrogen-bond donors (Lipinski definition) is 1. The van der Waals surface area contributed by atoms with Gasteiger partial charge in [0.2, 0.25) is 0 Å². The molecule has 0 spiro atoms. The number of aliphatic imine (C=N–C) groups is 1. The Labute approximate surface area is 201 Å². The number of carbonyl (C=O) groups is 1. The van der Waals surface area contributed by atoms with Crippen LogP contribution >= 0.6 is 23.2 Å². The number of amides is 1. The van der Waals surface area contributed by atoms with Crippen LogP contribution in [0, 0.1) is 25.2 Å². The van der Waals surface area contributed by atoms with Crippen LogP contribution in [0.4, 0.5) is 5.69 Å². The summed E-state index contributed by atoms with van der Waals surface area (Å²) in [5.74, 6) is -0.309. The molecular formula is C26H29Cl2N3O. The number of halogens is 2. The van der Waals surface area contributed by atoms with Crippen LogP contribution in [-0.4, -0.2) is 12.1 Å². The van der Waals surface area contributed by atoms with Crippen LogP contribution in [0.25, 0.3) is 5.57 Å². The molecular weight excluding hydrogens is 441 g/mol. The summed E-state index contributed by atoms with van der Waals surface area (Å²) in [5.41, 5.74) is 4.89. The lowest BCUT2D eigenvalue weighted by Crippen LogP contribution is -2.15. The van der Waals surface area contributed by atoms with E-state index in [9.17, 15) is 4.79 Å². The fourth-order valence-electron chi connectivity index (χ4n) is 2.92. The predicted octanol–water partition coefficient (Wildman–Crippen LogP) is 7.91. The summed E-state index contributed by atoms with van der Waals surface area (Å²) in [5, 5.41) is 13.2. The van der Waals surface area contributed by atoms with Crippen LogP contribution in [0.15, 0.2) is 53.2 Å². The molecule has 0 saturated heterocycles. The lowest BCUT2D eigenvalue weighted by Gasteiger charge is -2.12. The summed E-state index contributed by atoms with van der Waals surface area (Å²) >= 11 is 12.3. The van der Waals surface area contributed by atoms with Gasteiger partial charge in [-0.25, -0.2) is 0 Å². The number of allylic oxidation sites excluding steroid dienone is 3. The minimum atomic E-state index is -0.309. The highest BCUT2D eigenvalue weighted by Gasteiger charge is 2.12. The first kappa shape index (κ1) is 27.2. The highest BCUT2D eigenvalue weighted by atomic mass is 35.5. The number of nitriles is 1. The Kier molecular flexibility index (Phi) is 11.5. The van der Waals surface area contributed by atoms with Gasteiger partial charge >= 0.3 is 0 Å². The Balaban J connectivity index is 0.00000249. The molecule has 0 radical (unpaired) electrons. The van der Waals surface area contributed by atoms with Crippen molar-refractivity contribution in [3.05, 3.63) is 80.5 Å². The minimum Gasteiger partial charge on any atom is -0.320 e. The van der Waals surface area contributed by atoms with Gasteiger partial charge in [0.05, 0.1) is 11.6 Å². The third-order valence-electron chi connectivity index (χ3n) is 4.42. The summed E-state index contributed by atoms with van der Waals surface area (Å²) in [6.07, 6.45) is 5.78. The average molecular weight is 470 g/mol. The minimum absolute atomic E-state index is 0.307. The quantitative estimate of drug-likeness (QED) is 0.344. The molecule has 2 rings (SSSR count). The molecule has 0 bridgehead atoms. The molecule has 6 heteroatoms. The molecule has 32 heavy (non-hydrogen) atoms. The van der Waals surface area contributed by atoms with Gasteiger partial charge in [-0.15, -0.1) is 0 Å². The van der Waals surface area contributed by atoms with Crippen LogP contribution in [0.1, 0.15) is 56.4 Å². The fourth-order valence-corrected chi connectivity index (χ4v) is 3.36.